The Kier molecular flexibility index (Phi) is 39.7. The van der Waals surface area contributed by atoms with Gasteiger partial charge in [0.05, 0.1) is 0 Å². The van der Waals surface area contributed by atoms with Crippen LogP contribution in [0.3, 0.4) is 0 Å². The first-order chi connectivity index (χ1) is 8.83. The van der Waals surface area contributed by atoms with Crippen molar-refractivity contribution in [1.82, 2.24) is 0 Å². The van der Waals surface area contributed by atoms with E-state index in [9.17, 15) is 0 Å². The average Bonchev–Trinajstić information content (AvgIpc) is 2.43. The van der Waals surface area contributed by atoms with Crippen molar-refractivity contribution in [3.63, 3.8) is 0 Å². The highest BCUT2D eigenvalue weighted by Crippen LogP contribution is 2.20. The van der Waals surface area contributed by atoms with E-state index >= 15 is 0 Å². The maximum absolute atomic E-state index is 7.83. The SMILES string of the molecule is C=CCSSCC=C.C=CCSSCC=C.O=S. The summed E-state index contributed by atoms with van der Waals surface area (Å²) in [5.74, 6) is 4.11. The molecule has 0 aliphatic heterocycles. The van der Waals surface area contributed by atoms with E-state index in [1.165, 1.54) is 0 Å². The van der Waals surface area contributed by atoms with E-state index in [-0.39, 0.29) is 0 Å². The summed E-state index contributed by atoms with van der Waals surface area (Å²) in [6.45, 7) is 14.4. The molecule has 0 aromatic carbocycles. The van der Waals surface area contributed by atoms with Crippen LogP contribution in [0.15, 0.2) is 50.6 Å². The first-order valence-corrected chi connectivity index (χ1v) is 10.2. The molecule has 0 N–H and O–H groups in total. The minimum Gasteiger partial charge on any atom is -0.197 e. The van der Waals surface area contributed by atoms with E-state index in [0.29, 0.717) is 0 Å². The maximum atomic E-state index is 7.83. The molecule has 6 heteroatoms. The van der Waals surface area contributed by atoms with E-state index in [1.807, 2.05) is 24.3 Å². The molecule has 0 saturated carbocycles. The molecule has 0 amide bonds. The van der Waals surface area contributed by atoms with Gasteiger partial charge in [-0.25, -0.2) is 0 Å². The van der Waals surface area contributed by atoms with E-state index in [4.69, 9.17) is 4.21 Å². The lowest BCUT2D eigenvalue weighted by Gasteiger charge is -1.89. The van der Waals surface area contributed by atoms with Crippen LogP contribution in [0.4, 0.5) is 0 Å². The summed E-state index contributed by atoms with van der Waals surface area (Å²) in [7, 11) is 7.22. The minimum absolute atomic E-state index is 1.03. The van der Waals surface area contributed by atoms with Crippen molar-refractivity contribution in [1.29, 1.82) is 0 Å². The fraction of sp³-hybridized carbons (Fsp3) is 0.333. The molecule has 0 aromatic heterocycles. The van der Waals surface area contributed by atoms with E-state index in [0.717, 1.165) is 23.0 Å². The highest BCUT2D eigenvalue weighted by molar-refractivity contribution is 8.77. The van der Waals surface area contributed by atoms with E-state index < -0.39 is 0 Å². The summed E-state index contributed by atoms with van der Waals surface area (Å²) in [6, 6.07) is 0. The normalized spacial score (nSPS) is 7.78. The lowest BCUT2D eigenvalue weighted by molar-refractivity contribution is 0.702. The van der Waals surface area contributed by atoms with Crippen molar-refractivity contribution in [3.8, 4) is 0 Å². The van der Waals surface area contributed by atoms with Gasteiger partial charge in [0.15, 0.2) is 12.5 Å². The van der Waals surface area contributed by atoms with E-state index in [2.05, 4.69) is 38.8 Å². The van der Waals surface area contributed by atoms with Gasteiger partial charge in [0.1, 0.15) is 0 Å². The molecule has 0 radical (unpaired) electrons. The summed E-state index contributed by atoms with van der Waals surface area (Å²) in [4.78, 5) is 0. The van der Waals surface area contributed by atoms with Crippen LogP contribution in [-0.2, 0) is 12.5 Å². The van der Waals surface area contributed by atoms with Crippen LogP contribution in [0, 0.1) is 0 Å². The van der Waals surface area contributed by atoms with Crippen molar-refractivity contribution in [2.45, 2.75) is 0 Å². The van der Waals surface area contributed by atoms with Gasteiger partial charge in [0.2, 0.25) is 0 Å². The molecule has 104 valence electrons. The molecular formula is C12H20OS5. The smallest absolute Gasteiger partial charge is 0.197 e. The second-order valence-electron chi connectivity index (χ2n) is 2.29. The molecule has 0 rings (SSSR count). The van der Waals surface area contributed by atoms with Crippen molar-refractivity contribution in [3.05, 3.63) is 50.6 Å². The quantitative estimate of drug-likeness (QED) is 0.309. The zero-order chi connectivity index (χ0) is 14.5. The van der Waals surface area contributed by atoms with Crippen LogP contribution in [0.5, 0.6) is 0 Å². The molecule has 0 heterocycles. The van der Waals surface area contributed by atoms with E-state index in [1.54, 1.807) is 43.2 Å². The van der Waals surface area contributed by atoms with Crippen molar-refractivity contribution >= 4 is 55.7 Å². The second kappa shape index (κ2) is 30.4. The maximum Gasteiger partial charge on any atom is 0.197 e. The van der Waals surface area contributed by atoms with Crippen LogP contribution in [0.25, 0.3) is 0 Å². The van der Waals surface area contributed by atoms with Gasteiger partial charge in [-0.1, -0.05) is 67.5 Å². The molecule has 0 bridgehead atoms. The predicted molar refractivity (Wildman–Crippen MR) is 98.8 cm³/mol. The summed E-state index contributed by atoms with van der Waals surface area (Å²) in [5, 5.41) is 0. The fourth-order valence-corrected chi connectivity index (χ4v) is 3.46. The number of hydrogen-bond donors (Lipinski definition) is 0. The highest BCUT2D eigenvalue weighted by Gasteiger charge is 1.80. The second-order valence-corrected chi connectivity index (χ2v) is 7.40. The molecule has 0 fully saturated rings. The third kappa shape index (κ3) is 36.0. The highest BCUT2D eigenvalue weighted by atomic mass is 33.1. The van der Waals surface area contributed by atoms with Crippen LogP contribution < -0.4 is 0 Å². The molecule has 0 atom stereocenters. The molecule has 0 aliphatic carbocycles. The molecule has 1 nitrogen and oxygen atoms in total. The fourth-order valence-electron chi connectivity index (χ4n) is 0.385. The zero-order valence-corrected chi connectivity index (χ0v) is 14.5. The lowest BCUT2D eigenvalue weighted by Crippen LogP contribution is -1.64. The van der Waals surface area contributed by atoms with Crippen molar-refractivity contribution in [2.24, 2.45) is 0 Å². The average molecular weight is 341 g/mol. The largest absolute Gasteiger partial charge is 0.197 e. The van der Waals surface area contributed by atoms with Crippen LogP contribution in [-0.4, -0.2) is 27.2 Å². The van der Waals surface area contributed by atoms with Gasteiger partial charge < -0.3 is 0 Å². The molecule has 0 spiro atoms. The Hall–Kier alpha value is 0.380. The molecule has 0 aliphatic rings. The third-order valence-electron chi connectivity index (χ3n) is 0.910. The summed E-state index contributed by atoms with van der Waals surface area (Å²) in [5.41, 5.74) is 0. The standard InChI is InChI=1S/2C6H10S2.OS/c2*1-3-5-7-8-6-4-2;1-2/h2*3-4H,1-2,5-6H2;. The monoisotopic (exact) mass is 340 g/mol. The van der Waals surface area contributed by atoms with Gasteiger partial charge in [-0.05, 0) is 0 Å². The Morgan fingerprint density at radius 1 is 0.611 bits per heavy atom. The summed E-state index contributed by atoms with van der Waals surface area (Å²) < 4.78 is 7.83. The van der Waals surface area contributed by atoms with Gasteiger partial charge in [-0.15, -0.1) is 26.3 Å². The van der Waals surface area contributed by atoms with Gasteiger partial charge in [0.25, 0.3) is 0 Å². The lowest BCUT2D eigenvalue weighted by atomic mass is 10.8. The van der Waals surface area contributed by atoms with Crippen LogP contribution in [0.2, 0.25) is 0 Å². The van der Waals surface area contributed by atoms with Crippen LogP contribution in [0.1, 0.15) is 0 Å². The third-order valence-corrected chi connectivity index (χ3v) is 5.36. The Labute approximate surface area is 133 Å². The Bertz CT molecular complexity index is 157. The Morgan fingerprint density at radius 3 is 0.889 bits per heavy atom. The Morgan fingerprint density at radius 2 is 0.778 bits per heavy atom. The predicted octanol–water partition coefficient (Wildman–Crippen LogP) is 5.14. The Balaban J connectivity index is -0.000000219. The van der Waals surface area contributed by atoms with Gasteiger partial charge in [0, 0.05) is 23.0 Å². The summed E-state index contributed by atoms with van der Waals surface area (Å²) >= 11 is 2.83. The van der Waals surface area contributed by atoms with Crippen molar-refractivity contribution < 1.29 is 4.21 Å². The molecule has 0 unspecified atom stereocenters. The molecule has 0 aromatic rings. The zero-order valence-electron chi connectivity index (χ0n) is 10.4. The molecular weight excluding hydrogens is 320 g/mol. The van der Waals surface area contributed by atoms with Gasteiger partial charge >= 0.3 is 0 Å². The minimum atomic E-state index is 1.03. The van der Waals surface area contributed by atoms with Gasteiger partial charge in [-0.3, -0.25) is 0 Å². The van der Waals surface area contributed by atoms with Crippen LogP contribution >= 0.6 is 43.2 Å². The number of rotatable bonds is 10. The summed E-state index contributed by atoms with van der Waals surface area (Å²) in [6.07, 6.45) is 7.61. The number of hydrogen-bond acceptors (Lipinski definition) is 6. The van der Waals surface area contributed by atoms with Gasteiger partial charge in [-0.2, -0.15) is 4.21 Å². The molecule has 0 saturated heterocycles. The van der Waals surface area contributed by atoms with Crippen molar-refractivity contribution in [2.75, 3.05) is 23.0 Å². The first kappa shape index (κ1) is 23.5. The molecule has 18 heavy (non-hydrogen) atoms. The topological polar surface area (TPSA) is 17.1 Å². The first-order valence-electron chi connectivity index (χ1n) is 4.92.